The maximum atomic E-state index is 9.43. The molecule has 1 heterocycles. The maximum absolute atomic E-state index is 9.43. The zero-order chi connectivity index (χ0) is 14.5. The molecule has 1 aromatic carbocycles. The fourth-order valence-corrected chi connectivity index (χ4v) is 2.93. The maximum Gasteiger partial charge on any atom is 0.122 e. The van der Waals surface area contributed by atoms with Crippen molar-refractivity contribution in [3.63, 3.8) is 0 Å². The highest BCUT2D eigenvalue weighted by Gasteiger charge is 2.16. The summed E-state index contributed by atoms with van der Waals surface area (Å²) in [5, 5.41) is 13.1. The van der Waals surface area contributed by atoms with Gasteiger partial charge in [0, 0.05) is 12.5 Å². The van der Waals surface area contributed by atoms with Crippen molar-refractivity contribution in [1.29, 1.82) is 0 Å². The zero-order valence-electron chi connectivity index (χ0n) is 12.9. The molecule has 0 amide bonds. The third-order valence-electron chi connectivity index (χ3n) is 3.98. The number of rotatable bonds is 7. The molecular formula is C17H27NO2. The Hall–Kier alpha value is -1.06. The van der Waals surface area contributed by atoms with Crippen molar-refractivity contribution in [2.45, 2.75) is 52.2 Å². The molecule has 1 aromatic rings. The van der Waals surface area contributed by atoms with Gasteiger partial charge in [0.25, 0.3) is 0 Å². The van der Waals surface area contributed by atoms with Gasteiger partial charge in [0.05, 0.1) is 12.7 Å². The van der Waals surface area contributed by atoms with Gasteiger partial charge in [-0.2, -0.15) is 0 Å². The Balaban J connectivity index is 1.94. The lowest BCUT2D eigenvalue weighted by Crippen LogP contribution is -2.27. The zero-order valence-corrected chi connectivity index (χ0v) is 12.9. The van der Waals surface area contributed by atoms with E-state index in [2.05, 4.69) is 37.4 Å². The largest absolute Gasteiger partial charge is 0.493 e. The number of hydrogen-bond donors (Lipinski definition) is 2. The lowest BCUT2D eigenvalue weighted by atomic mass is 9.99. The standard InChI is InChI=1S/C17H27NO2/c1-4-16(18-11-12(2)9-13(3)19)14-5-6-17-15(10-14)7-8-20-17/h5-6,10,12-13,16,18-19H,4,7-9,11H2,1-3H3. The van der Waals surface area contributed by atoms with E-state index in [0.717, 1.165) is 38.2 Å². The molecular weight excluding hydrogens is 250 g/mol. The van der Waals surface area contributed by atoms with Gasteiger partial charge in [-0.05, 0) is 49.4 Å². The number of aliphatic hydroxyl groups excluding tert-OH is 1. The highest BCUT2D eigenvalue weighted by Crippen LogP contribution is 2.29. The number of aliphatic hydroxyl groups is 1. The fraction of sp³-hybridized carbons (Fsp3) is 0.647. The Labute approximate surface area is 122 Å². The molecule has 1 aliphatic rings. The van der Waals surface area contributed by atoms with Crippen LogP contribution < -0.4 is 10.1 Å². The first kappa shape index (κ1) is 15.3. The van der Waals surface area contributed by atoms with Crippen molar-refractivity contribution in [2.24, 2.45) is 5.92 Å². The van der Waals surface area contributed by atoms with E-state index in [9.17, 15) is 5.11 Å². The van der Waals surface area contributed by atoms with Crippen LogP contribution in [0, 0.1) is 5.92 Å². The van der Waals surface area contributed by atoms with Crippen molar-refractivity contribution in [3.05, 3.63) is 29.3 Å². The Morgan fingerprint density at radius 2 is 2.15 bits per heavy atom. The van der Waals surface area contributed by atoms with Crippen LogP contribution in [0.15, 0.2) is 18.2 Å². The van der Waals surface area contributed by atoms with E-state index >= 15 is 0 Å². The fourth-order valence-electron chi connectivity index (χ4n) is 2.93. The third kappa shape index (κ3) is 3.97. The van der Waals surface area contributed by atoms with Crippen LogP contribution in [0.5, 0.6) is 5.75 Å². The Kier molecular flexibility index (Phi) is 5.44. The van der Waals surface area contributed by atoms with Crippen LogP contribution in [0.1, 0.15) is 50.8 Å². The summed E-state index contributed by atoms with van der Waals surface area (Å²) in [7, 11) is 0. The second-order valence-corrected chi connectivity index (χ2v) is 6.02. The van der Waals surface area contributed by atoms with Gasteiger partial charge in [-0.25, -0.2) is 0 Å². The van der Waals surface area contributed by atoms with Crippen LogP contribution in [0.25, 0.3) is 0 Å². The van der Waals surface area contributed by atoms with Crippen LogP contribution >= 0.6 is 0 Å². The molecule has 0 bridgehead atoms. The molecule has 0 aromatic heterocycles. The first-order valence-electron chi connectivity index (χ1n) is 7.77. The summed E-state index contributed by atoms with van der Waals surface area (Å²) in [4.78, 5) is 0. The topological polar surface area (TPSA) is 41.5 Å². The molecule has 112 valence electrons. The molecule has 0 saturated carbocycles. The molecule has 3 heteroatoms. The molecule has 0 spiro atoms. The average molecular weight is 277 g/mol. The van der Waals surface area contributed by atoms with E-state index < -0.39 is 0 Å². The molecule has 3 nitrogen and oxygen atoms in total. The molecule has 0 aliphatic carbocycles. The summed E-state index contributed by atoms with van der Waals surface area (Å²) >= 11 is 0. The molecule has 2 rings (SSSR count). The lowest BCUT2D eigenvalue weighted by molar-refractivity contribution is 0.162. The normalized spacial score (nSPS) is 18.2. The predicted octanol–water partition coefficient (Wildman–Crippen LogP) is 3.07. The summed E-state index contributed by atoms with van der Waals surface area (Å²) < 4.78 is 5.56. The van der Waals surface area contributed by atoms with Gasteiger partial charge in [0.2, 0.25) is 0 Å². The van der Waals surface area contributed by atoms with Crippen molar-refractivity contribution in [2.75, 3.05) is 13.2 Å². The first-order chi connectivity index (χ1) is 9.60. The minimum atomic E-state index is -0.219. The van der Waals surface area contributed by atoms with Crippen molar-refractivity contribution >= 4 is 0 Å². The van der Waals surface area contributed by atoms with Crippen LogP contribution in [0.2, 0.25) is 0 Å². The van der Waals surface area contributed by atoms with Gasteiger partial charge in [0.1, 0.15) is 5.75 Å². The number of fused-ring (bicyclic) bond motifs is 1. The quantitative estimate of drug-likeness (QED) is 0.805. The van der Waals surface area contributed by atoms with Crippen LogP contribution in [0.4, 0.5) is 0 Å². The van der Waals surface area contributed by atoms with Crippen LogP contribution in [0.3, 0.4) is 0 Å². The Morgan fingerprint density at radius 1 is 1.35 bits per heavy atom. The van der Waals surface area contributed by atoms with E-state index in [0.29, 0.717) is 12.0 Å². The number of benzene rings is 1. The second-order valence-electron chi connectivity index (χ2n) is 6.02. The van der Waals surface area contributed by atoms with Gasteiger partial charge < -0.3 is 15.2 Å². The van der Waals surface area contributed by atoms with Gasteiger partial charge in [0.15, 0.2) is 0 Å². The summed E-state index contributed by atoms with van der Waals surface area (Å²) in [5.41, 5.74) is 2.68. The SMILES string of the molecule is CCC(NCC(C)CC(C)O)c1ccc2c(c1)CCO2. The minimum absolute atomic E-state index is 0.219. The molecule has 3 atom stereocenters. The summed E-state index contributed by atoms with van der Waals surface area (Å²) in [5.74, 6) is 1.54. The molecule has 2 N–H and O–H groups in total. The second kappa shape index (κ2) is 7.09. The highest BCUT2D eigenvalue weighted by atomic mass is 16.5. The van der Waals surface area contributed by atoms with Gasteiger partial charge in [-0.1, -0.05) is 26.0 Å². The van der Waals surface area contributed by atoms with E-state index in [1.165, 1.54) is 11.1 Å². The molecule has 3 unspecified atom stereocenters. The molecule has 0 radical (unpaired) electrons. The highest BCUT2D eigenvalue weighted by molar-refractivity contribution is 5.40. The summed E-state index contributed by atoms with van der Waals surface area (Å²) in [6.07, 6.45) is 2.73. The van der Waals surface area contributed by atoms with Gasteiger partial charge in [-0.3, -0.25) is 0 Å². The van der Waals surface area contributed by atoms with Crippen LogP contribution in [-0.2, 0) is 6.42 Å². The molecule has 20 heavy (non-hydrogen) atoms. The minimum Gasteiger partial charge on any atom is -0.493 e. The Bertz CT molecular complexity index is 431. The number of ether oxygens (including phenoxy) is 1. The predicted molar refractivity (Wildman–Crippen MR) is 82.1 cm³/mol. The van der Waals surface area contributed by atoms with E-state index in [-0.39, 0.29) is 6.10 Å². The van der Waals surface area contributed by atoms with Crippen molar-refractivity contribution < 1.29 is 9.84 Å². The van der Waals surface area contributed by atoms with Crippen LogP contribution in [-0.4, -0.2) is 24.4 Å². The van der Waals surface area contributed by atoms with Crippen molar-refractivity contribution in [1.82, 2.24) is 5.32 Å². The molecule has 0 fully saturated rings. The third-order valence-corrected chi connectivity index (χ3v) is 3.98. The number of hydrogen-bond acceptors (Lipinski definition) is 3. The average Bonchev–Trinajstić information content (AvgIpc) is 2.86. The van der Waals surface area contributed by atoms with Gasteiger partial charge in [-0.15, -0.1) is 0 Å². The van der Waals surface area contributed by atoms with E-state index in [1.54, 1.807) is 0 Å². The van der Waals surface area contributed by atoms with E-state index in [1.807, 2.05) is 6.92 Å². The summed E-state index contributed by atoms with van der Waals surface area (Å²) in [6, 6.07) is 6.94. The number of nitrogens with one attached hydrogen (secondary N) is 1. The smallest absolute Gasteiger partial charge is 0.122 e. The van der Waals surface area contributed by atoms with Gasteiger partial charge >= 0.3 is 0 Å². The van der Waals surface area contributed by atoms with Crippen molar-refractivity contribution in [3.8, 4) is 5.75 Å². The summed E-state index contributed by atoms with van der Waals surface area (Å²) in [6.45, 7) is 8.00. The molecule has 1 aliphatic heterocycles. The Morgan fingerprint density at radius 3 is 2.85 bits per heavy atom. The first-order valence-corrected chi connectivity index (χ1v) is 7.77. The molecule has 0 saturated heterocycles. The van der Waals surface area contributed by atoms with E-state index in [4.69, 9.17) is 4.74 Å². The lowest BCUT2D eigenvalue weighted by Gasteiger charge is -2.21. The monoisotopic (exact) mass is 277 g/mol.